The van der Waals surface area contributed by atoms with E-state index < -0.39 is 17.1 Å². The Morgan fingerprint density at radius 1 is 1.13 bits per heavy atom. The number of ketones is 1. The third-order valence-corrected chi connectivity index (χ3v) is 9.68. The third kappa shape index (κ3) is 4.62. The number of benzene rings is 1. The van der Waals surface area contributed by atoms with Gasteiger partial charge in [0, 0.05) is 37.5 Å². The maximum Gasteiger partial charge on any atom is 0.311 e. The quantitative estimate of drug-likeness (QED) is 0.143. The average molecular weight is 524 g/mol. The number of carbonyl (C=O) groups is 2. The Bertz CT molecular complexity index is 1050. The van der Waals surface area contributed by atoms with Gasteiger partial charge < -0.3 is 14.6 Å². The Balaban J connectivity index is 1.24. The molecule has 0 amide bonds. The highest BCUT2D eigenvalue weighted by atomic mass is 16.6. The number of likely N-dealkylation sites (tertiary alicyclic amines) is 1. The first kappa shape index (κ1) is 27.4. The maximum atomic E-state index is 13.1. The van der Waals surface area contributed by atoms with Gasteiger partial charge in [0.2, 0.25) is 0 Å². The lowest BCUT2D eigenvalue weighted by Gasteiger charge is -2.62. The van der Waals surface area contributed by atoms with Crippen molar-refractivity contribution in [3.63, 3.8) is 0 Å². The molecule has 0 unspecified atom stereocenters. The average Bonchev–Trinajstić information content (AvgIpc) is 3.26. The highest BCUT2D eigenvalue weighted by Crippen LogP contribution is 2.64. The van der Waals surface area contributed by atoms with Crippen LogP contribution in [0.4, 0.5) is 0 Å². The summed E-state index contributed by atoms with van der Waals surface area (Å²) in [4.78, 5) is 28.2. The molecule has 1 saturated carbocycles. The number of unbranched alkanes of at least 4 members (excludes halogenated alkanes) is 9. The number of Topliss-reactive ketones (excluding diaryl/α,β-unsaturated/α-hetero) is 1. The number of hydrogen-bond acceptors (Lipinski definition) is 6. The number of piperidine rings is 1. The van der Waals surface area contributed by atoms with Gasteiger partial charge in [-0.2, -0.15) is 0 Å². The van der Waals surface area contributed by atoms with Crippen molar-refractivity contribution in [1.29, 1.82) is 0 Å². The molecule has 38 heavy (non-hydrogen) atoms. The number of ether oxygens (including phenoxy) is 2. The zero-order valence-electron chi connectivity index (χ0n) is 23.1. The summed E-state index contributed by atoms with van der Waals surface area (Å²) in [6.45, 7) is 7.63. The van der Waals surface area contributed by atoms with Gasteiger partial charge in [-0.15, -0.1) is 6.58 Å². The molecule has 2 heterocycles. The summed E-state index contributed by atoms with van der Waals surface area (Å²) in [7, 11) is 0. The number of aliphatic hydroxyl groups is 1. The van der Waals surface area contributed by atoms with Crippen LogP contribution in [0.2, 0.25) is 0 Å². The van der Waals surface area contributed by atoms with Gasteiger partial charge in [0.05, 0.1) is 11.0 Å². The van der Waals surface area contributed by atoms with E-state index in [2.05, 4.69) is 18.4 Å². The Morgan fingerprint density at radius 3 is 2.55 bits per heavy atom. The lowest BCUT2D eigenvalue weighted by Crippen LogP contribution is -2.76. The third-order valence-electron chi connectivity index (χ3n) is 9.68. The highest BCUT2D eigenvalue weighted by Gasteiger charge is 2.73. The summed E-state index contributed by atoms with van der Waals surface area (Å²) >= 11 is 0. The minimum absolute atomic E-state index is 0.0392. The van der Waals surface area contributed by atoms with Crippen LogP contribution < -0.4 is 9.47 Å². The molecule has 1 aromatic rings. The number of esters is 1. The first-order valence-electron chi connectivity index (χ1n) is 15.1. The number of hydrogen-bond donors (Lipinski definition) is 1. The second kappa shape index (κ2) is 11.5. The minimum atomic E-state index is -1.05. The van der Waals surface area contributed by atoms with Gasteiger partial charge in [-0.25, -0.2) is 0 Å². The van der Waals surface area contributed by atoms with E-state index >= 15 is 0 Å². The molecule has 5 rings (SSSR count). The fourth-order valence-corrected chi connectivity index (χ4v) is 7.80. The summed E-state index contributed by atoms with van der Waals surface area (Å²) < 4.78 is 12.2. The lowest BCUT2D eigenvalue weighted by atomic mass is 9.49. The fraction of sp³-hybridized carbons (Fsp3) is 0.688. The van der Waals surface area contributed by atoms with Crippen molar-refractivity contribution in [2.75, 3.05) is 13.1 Å². The first-order chi connectivity index (χ1) is 18.5. The predicted molar refractivity (Wildman–Crippen MR) is 148 cm³/mol. The molecular formula is C32H45NO5. The zero-order valence-corrected chi connectivity index (χ0v) is 23.1. The van der Waals surface area contributed by atoms with Crippen LogP contribution in [0.25, 0.3) is 0 Å². The van der Waals surface area contributed by atoms with Crippen LogP contribution >= 0.6 is 0 Å². The molecule has 0 radical (unpaired) electrons. The van der Waals surface area contributed by atoms with Crippen molar-refractivity contribution in [3.05, 3.63) is 35.9 Å². The second-order valence-corrected chi connectivity index (χ2v) is 11.9. The SMILES string of the molecule is C=CCN1CC[C@@]23c4c5ccc(OC(=O)CCCCCCCCCCCC)c4O[C@H]2C(=O)CC[C@@]3(O)[C@@H]1C5. The summed E-state index contributed by atoms with van der Waals surface area (Å²) in [5.41, 5.74) is 0.183. The Kier molecular flexibility index (Phi) is 8.30. The summed E-state index contributed by atoms with van der Waals surface area (Å²) in [5, 5.41) is 12.2. The van der Waals surface area contributed by atoms with Gasteiger partial charge in [0.15, 0.2) is 23.4 Å². The molecule has 2 fully saturated rings. The van der Waals surface area contributed by atoms with Crippen LogP contribution in [-0.2, 0) is 21.4 Å². The molecule has 2 aliphatic carbocycles. The monoisotopic (exact) mass is 523 g/mol. The van der Waals surface area contributed by atoms with Gasteiger partial charge >= 0.3 is 5.97 Å². The molecular weight excluding hydrogens is 478 g/mol. The Morgan fingerprint density at radius 2 is 1.84 bits per heavy atom. The molecule has 1 N–H and O–H groups in total. The minimum Gasteiger partial charge on any atom is -0.477 e. The first-order valence-corrected chi connectivity index (χ1v) is 15.1. The van der Waals surface area contributed by atoms with Crippen LogP contribution in [0, 0.1) is 0 Å². The largest absolute Gasteiger partial charge is 0.477 e. The topological polar surface area (TPSA) is 76.1 Å². The Labute approximate surface area is 227 Å². The van der Waals surface area contributed by atoms with E-state index in [9.17, 15) is 14.7 Å². The van der Waals surface area contributed by atoms with Crippen LogP contribution in [0.15, 0.2) is 24.8 Å². The number of carbonyl (C=O) groups excluding carboxylic acids is 2. The van der Waals surface area contributed by atoms with Crippen LogP contribution in [0.1, 0.15) is 108 Å². The van der Waals surface area contributed by atoms with Crippen LogP contribution in [-0.4, -0.2) is 52.6 Å². The van der Waals surface area contributed by atoms with Crippen molar-refractivity contribution >= 4 is 11.8 Å². The van der Waals surface area contributed by atoms with Crippen LogP contribution in [0.3, 0.4) is 0 Å². The van der Waals surface area contributed by atoms with Gasteiger partial charge in [-0.3, -0.25) is 14.5 Å². The van der Waals surface area contributed by atoms with Gasteiger partial charge in [0.1, 0.15) is 0 Å². The molecule has 6 heteroatoms. The fourth-order valence-electron chi connectivity index (χ4n) is 7.80. The van der Waals surface area contributed by atoms with Gasteiger partial charge in [-0.1, -0.05) is 76.9 Å². The normalized spacial score (nSPS) is 29.1. The van der Waals surface area contributed by atoms with Crippen molar-refractivity contribution in [2.24, 2.45) is 0 Å². The number of nitrogens with zero attached hydrogens (tertiary/aromatic N) is 1. The van der Waals surface area contributed by atoms with E-state index in [0.717, 1.165) is 36.9 Å². The molecule has 4 aliphatic rings. The van der Waals surface area contributed by atoms with E-state index in [4.69, 9.17) is 9.47 Å². The summed E-state index contributed by atoms with van der Waals surface area (Å²) in [6, 6.07) is 3.75. The van der Waals surface area contributed by atoms with Crippen LogP contribution in [0.5, 0.6) is 11.5 Å². The molecule has 1 aromatic carbocycles. The molecule has 2 aliphatic heterocycles. The lowest BCUT2D eigenvalue weighted by molar-refractivity contribution is -0.187. The van der Waals surface area contributed by atoms with Crippen molar-refractivity contribution in [2.45, 2.75) is 126 Å². The Hall–Kier alpha value is -2.18. The molecule has 4 atom stereocenters. The van der Waals surface area contributed by atoms with E-state index in [1.165, 1.54) is 44.9 Å². The van der Waals surface area contributed by atoms with Gasteiger partial charge in [-0.05, 0) is 37.3 Å². The van der Waals surface area contributed by atoms with Crippen molar-refractivity contribution in [1.82, 2.24) is 4.90 Å². The molecule has 1 saturated heterocycles. The summed E-state index contributed by atoms with van der Waals surface area (Å²) in [5.74, 6) is 0.685. The van der Waals surface area contributed by atoms with Crippen molar-refractivity contribution < 1.29 is 24.2 Å². The van der Waals surface area contributed by atoms with E-state index in [-0.39, 0.29) is 17.8 Å². The molecule has 1 spiro atoms. The second-order valence-electron chi connectivity index (χ2n) is 11.9. The zero-order chi connectivity index (χ0) is 26.8. The highest BCUT2D eigenvalue weighted by molar-refractivity contribution is 5.90. The van der Waals surface area contributed by atoms with E-state index in [1.54, 1.807) is 0 Å². The smallest absolute Gasteiger partial charge is 0.311 e. The maximum absolute atomic E-state index is 13.1. The number of rotatable bonds is 14. The molecule has 208 valence electrons. The standard InChI is InChI=1S/C32H45NO5/c1-3-5-6-7-8-9-10-11-12-13-14-27(35)37-25-16-15-23-22-26-32(36)18-17-24(34)30-31(32,28(23)29(25)38-30)19-21-33(26)20-4-2/h4,15-16,26,30,36H,2-3,5-14,17-22H2,1H3/t26-,30-,31+,32+/m0/s1. The van der Waals surface area contributed by atoms with E-state index in [0.29, 0.717) is 50.1 Å². The predicted octanol–water partition coefficient (Wildman–Crippen LogP) is 5.81. The van der Waals surface area contributed by atoms with E-state index in [1.807, 2.05) is 18.2 Å². The van der Waals surface area contributed by atoms with Crippen molar-refractivity contribution in [3.8, 4) is 11.5 Å². The van der Waals surface area contributed by atoms with Gasteiger partial charge in [0.25, 0.3) is 0 Å². The molecule has 2 bridgehead atoms. The molecule has 0 aromatic heterocycles. The summed E-state index contributed by atoms with van der Waals surface area (Å²) in [6.07, 6.45) is 15.8. The molecule has 6 nitrogen and oxygen atoms in total.